The van der Waals surface area contributed by atoms with Gasteiger partial charge in [0.15, 0.2) is 0 Å². The molecule has 5 heteroatoms. The van der Waals surface area contributed by atoms with E-state index in [1.807, 2.05) is 11.3 Å². The fourth-order valence-corrected chi connectivity index (χ4v) is 6.22. The maximum Gasteiger partial charge on any atom is 0.0843 e. The molecular weight excluding hydrogens is 400 g/mol. The summed E-state index contributed by atoms with van der Waals surface area (Å²) in [5.41, 5.74) is 6.14. The molecule has 0 radical (unpaired) electrons. The Balaban J connectivity index is 1.80. The van der Waals surface area contributed by atoms with Crippen LogP contribution in [0.15, 0.2) is 14.3 Å². The first-order chi connectivity index (χ1) is 9.70. The maximum atomic E-state index is 6.14. The molecule has 1 aromatic heterocycles. The number of nitrogens with two attached hydrogens (primary N) is 1. The van der Waals surface area contributed by atoms with Crippen LogP contribution in [0.4, 0.5) is 0 Å². The van der Waals surface area contributed by atoms with Crippen molar-refractivity contribution in [3.05, 3.63) is 19.2 Å². The van der Waals surface area contributed by atoms with Gasteiger partial charge in [0.25, 0.3) is 0 Å². The van der Waals surface area contributed by atoms with Crippen LogP contribution in [0.2, 0.25) is 0 Å². The van der Waals surface area contributed by atoms with E-state index in [1.165, 1.54) is 53.7 Å². The molecule has 2 atom stereocenters. The molecule has 1 saturated carbocycles. The van der Waals surface area contributed by atoms with Gasteiger partial charge in [-0.15, -0.1) is 11.3 Å². The van der Waals surface area contributed by atoms with Crippen LogP contribution in [0.5, 0.6) is 0 Å². The van der Waals surface area contributed by atoms with Crippen molar-refractivity contribution >= 4 is 43.2 Å². The van der Waals surface area contributed by atoms with E-state index < -0.39 is 0 Å². The van der Waals surface area contributed by atoms with Gasteiger partial charge in [-0.3, -0.25) is 4.90 Å². The van der Waals surface area contributed by atoms with Gasteiger partial charge in [-0.1, -0.05) is 12.8 Å². The highest BCUT2D eigenvalue weighted by molar-refractivity contribution is 9.13. The highest BCUT2D eigenvalue weighted by Crippen LogP contribution is 2.42. The first kappa shape index (κ1) is 15.5. The number of rotatable bonds is 4. The Morgan fingerprint density at radius 1 is 1.25 bits per heavy atom. The van der Waals surface area contributed by atoms with Crippen LogP contribution in [0.1, 0.15) is 49.4 Å². The molecule has 1 aromatic rings. The lowest BCUT2D eigenvalue weighted by atomic mass is 9.95. The molecule has 1 aliphatic heterocycles. The lowest BCUT2D eigenvalue weighted by molar-refractivity contribution is 0.140. The van der Waals surface area contributed by atoms with E-state index in [0.29, 0.717) is 6.04 Å². The highest BCUT2D eigenvalue weighted by Gasteiger charge is 2.37. The van der Waals surface area contributed by atoms with Crippen LogP contribution in [-0.4, -0.2) is 24.0 Å². The zero-order valence-electron chi connectivity index (χ0n) is 11.7. The van der Waals surface area contributed by atoms with Gasteiger partial charge in [0.2, 0.25) is 0 Å². The third-order valence-electron chi connectivity index (χ3n) is 4.90. The number of thiophene rings is 1. The zero-order chi connectivity index (χ0) is 14.1. The van der Waals surface area contributed by atoms with Crippen LogP contribution >= 0.6 is 43.2 Å². The average molecular weight is 422 g/mol. The SMILES string of the molecule is NCC(c1cc(Br)c(Br)s1)N1CCCC1C1CCCC1. The molecule has 2 fully saturated rings. The topological polar surface area (TPSA) is 29.3 Å². The zero-order valence-corrected chi connectivity index (χ0v) is 15.6. The smallest absolute Gasteiger partial charge is 0.0843 e. The molecule has 0 aromatic carbocycles. The predicted molar refractivity (Wildman–Crippen MR) is 93.2 cm³/mol. The fourth-order valence-electron chi connectivity index (χ4n) is 3.99. The molecule has 2 heterocycles. The molecule has 1 aliphatic carbocycles. The maximum absolute atomic E-state index is 6.14. The Morgan fingerprint density at radius 3 is 2.60 bits per heavy atom. The number of likely N-dealkylation sites (tertiary alicyclic amines) is 1. The summed E-state index contributed by atoms with van der Waals surface area (Å²) < 4.78 is 2.34. The van der Waals surface area contributed by atoms with Crippen molar-refractivity contribution in [1.82, 2.24) is 4.90 Å². The minimum atomic E-state index is 0.399. The predicted octanol–water partition coefficient (Wildman–Crippen LogP) is 4.93. The second-order valence-corrected chi connectivity index (χ2v) is 9.27. The van der Waals surface area contributed by atoms with Gasteiger partial charge < -0.3 is 5.73 Å². The third-order valence-corrected chi connectivity index (χ3v) is 8.26. The van der Waals surface area contributed by atoms with Crippen LogP contribution in [0.25, 0.3) is 0 Å². The van der Waals surface area contributed by atoms with E-state index in [1.54, 1.807) is 0 Å². The molecule has 2 aliphatic rings. The van der Waals surface area contributed by atoms with Crippen molar-refractivity contribution in [2.75, 3.05) is 13.1 Å². The van der Waals surface area contributed by atoms with E-state index in [2.05, 4.69) is 42.8 Å². The lowest BCUT2D eigenvalue weighted by Crippen LogP contribution is -2.40. The lowest BCUT2D eigenvalue weighted by Gasteiger charge is -2.35. The molecule has 112 valence electrons. The average Bonchev–Trinajstić information content (AvgIpc) is 3.13. The molecule has 1 saturated heterocycles. The largest absolute Gasteiger partial charge is 0.329 e. The van der Waals surface area contributed by atoms with Gasteiger partial charge in [-0.2, -0.15) is 0 Å². The van der Waals surface area contributed by atoms with Crippen molar-refractivity contribution in [2.45, 2.75) is 50.6 Å². The number of hydrogen-bond donors (Lipinski definition) is 1. The van der Waals surface area contributed by atoms with Gasteiger partial charge in [-0.05, 0) is 76.1 Å². The Kier molecular flexibility index (Phi) is 5.24. The minimum absolute atomic E-state index is 0.399. The molecule has 20 heavy (non-hydrogen) atoms. The van der Waals surface area contributed by atoms with Crippen LogP contribution in [0, 0.1) is 5.92 Å². The van der Waals surface area contributed by atoms with Crippen LogP contribution < -0.4 is 5.73 Å². The molecule has 2 nitrogen and oxygen atoms in total. The first-order valence-electron chi connectivity index (χ1n) is 7.61. The molecule has 0 spiro atoms. The van der Waals surface area contributed by atoms with Gasteiger partial charge in [0.1, 0.15) is 0 Å². The number of hydrogen-bond acceptors (Lipinski definition) is 3. The van der Waals surface area contributed by atoms with Crippen LogP contribution in [-0.2, 0) is 0 Å². The summed E-state index contributed by atoms with van der Waals surface area (Å²) in [4.78, 5) is 4.11. The quantitative estimate of drug-likeness (QED) is 0.746. The Hall–Kier alpha value is 0.580. The van der Waals surface area contributed by atoms with Gasteiger partial charge in [-0.25, -0.2) is 0 Å². The Morgan fingerprint density at radius 2 is 2.00 bits per heavy atom. The number of nitrogens with zero attached hydrogens (tertiary/aromatic N) is 1. The van der Waals surface area contributed by atoms with Gasteiger partial charge in [0, 0.05) is 21.9 Å². The van der Waals surface area contributed by atoms with E-state index >= 15 is 0 Å². The van der Waals surface area contributed by atoms with Crippen molar-refractivity contribution in [3.8, 4) is 0 Å². The van der Waals surface area contributed by atoms with E-state index in [9.17, 15) is 0 Å². The minimum Gasteiger partial charge on any atom is -0.329 e. The van der Waals surface area contributed by atoms with Crippen molar-refractivity contribution in [2.24, 2.45) is 11.7 Å². The standard InChI is InChI=1S/C15H22Br2N2S/c16-11-8-14(20-15(11)17)13(9-18)19-7-3-6-12(19)10-4-1-2-5-10/h8,10,12-13H,1-7,9,18H2. The summed E-state index contributed by atoms with van der Waals surface area (Å²) in [6, 6.07) is 3.41. The van der Waals surface area contributed by atoms with E-state index in [0.717, 1.165) is 23.0 Å². The van der Waals surface area contributed by atoms with Gasteiger partial charge >= 0.3 is 0 Å². The molecule has 2 unspecified atom stereocenters. The van der Waals surface area contributed by atoms with E-state index in [4.69, 9.17) is 5.73 Å². The second kappa shape index (κ2) is 6.78. The monoisotopic (exact) mass is 420 g/mol. The van der Waals surface area contributed by atoms with E-state index in [-0.39, 0.29) is 0 Å². The number of halogens is 2. The first-order valence-corrected chi connectivity index (χ1v) is 10.0. The third kappa shape index (κ3) is 3.02. The summed E-state index contributed by atoms with van der Waals surface area (Å²) in [6.07, 6.45) is 8.42. The molecule has 0 amide bonds. The summed E-state index contributed by atoms with van der Waals surface area (Å²) in [6.45, 7) is 1.94. The second-order valence-electron chi connectivity index (χ2n) is 6.01. The molecule has 3 rings (SSSR count). The van der Waals surface area contributed by atoms with Crippen LogP contribution in [0.3, 0.4) is 0 Å². The fraction of sp³-hybridized carbons (Fsp3) is 0.733. The van der Waals surface area contributed by atoms with Crippen molar-refractivity contribution in [1.29, 1.82) is 0 Å². The highest BCUT2D eigenvalue weighted by atomic mass is 79.9. The van der Waals surface area contributed by atoms with Crippen molar-refractivity contribution in [3.63, 3.8) is 0 Å². The normalized spacial score (nSPS) is 26.4. The Labute approximate surface area is 142 Å². The summed E-state index contributed by atoms with van der Waals surface area (Å²) in [5, 5.41) is 0. The van der Waals surface area contributed by atoms with Gasteiger partial charge in [0.05, 0.1) is 9.83 Å². The Bertz CT molecular complexity index is 437. The summed E-state index contributed by atoms with van der Waals surface area (Å²) in [5.74, 6) is 0.915. The summed E-state index contributed by atoms with van der Waals surface area (Å²) in [7, 11) is 0. The molecule has 0 bridgehead atoms. The van der Waals surface area contributed by atoms with Crippen molar-refractivity contribution < 1.29 is 0 Å². The molecule has 2 N–H and O–H groups in total. The summed E-state index contributed by atoms with van der Waals surface area (Å²) >= 11 is 9.05. The molecular formula is C15H22Br2N2S.